The maximum absolute atomic E-state index is 9.73. The summed E-state index contributed by atoms with van der Waals surface area (Å²) in [6.07, 6.45) is 3.18. The topological polar surface area (TPSA) is 33.1 Å². The number of aryl methyl sites for hydroxylation is 2. The summed E-state index contributed by atoms with van der Waals surface area (Å²) in [5.41, 5.74) is 3.05. The van der Waals surface area contributed by atoms with Crippen LogP contribution in [-0.2, 0) is 0 Å². The molecule has 2 heteroatoms. The third-order valence-electron chi connectivity index (χ3n) is 2.13. The van der Waals surface area contributed by atoms with Crippen molar-refractivity contribution >= 4 is 0 Å². The van der Waals surface area contributed by atoms with Crippen LogP contribution in [0.5, 0.6) is 0 Å². The Morgan fingerprint density at radius 2 is 2.15 bits per heavy atom. The van der Waals surface area contributed by atoms with Crippen LogP contribution in [0.25, 0.3) is 0 Å². The molecule has 1 aromatic rings. The van der Waals surface area contributed by atoms with Crippen LogP contribution in [0.3, 0.4) is 0 Å². The molecule has 72 valence electrons. The molecule has 0 unspecified atom stereocenters. The highest BCUT2D eigenvalue weighted by Gasteiger charge is 2.10. The molecule has 1 heterocycles. The fourth-order valence-corrected chi connectivity index (χ4v) is 1.48. The van der Waals surface area contributed by atoms with Gasteiger partial charge >= 0.3 is 0 Å². The Balaban J connectivity index is 2.88. The van der Waals surface area contributed by atoms with Crippen molar-refractivity contribution in [1.82, 2.24) is 4.98 Å². The van der Waals surface area contributed by atoms with E-state index in [2.05, 4.69) is 18.0 Å². The molecule has 1 N–H and O–H groups in total. The highest BCUT2D eigenvalue weighted by Crippen LogP contribution is 2.19. The van der Waals surface area contributed by atoms with E-state index >= 15 is 0 Å². The first kappa shape index (κ1) is 10.2. The van der Waals surface area contributed by atoms with E-state index in [1.165, 1.54) is 0 Å². The lowest BCUT2D eigenvalue weighted by Crippen LogP contribution is -2.02. The van der Waals surface area contributed by atoms with E-state index in [1.807, 2.05) is 13.8 Å². The zero-order valence-corrected chi connectivity index (χ0v) is 8.54. The smallest absolute Gasteiger partial charge is 0.0962 e. The van der Waals surface area contributed by atoms with Crippen LogP contribution in [0, 0.1) is 13.8 Å². The quantitative estimate of drug-likeness (QED) is 0.773. The first-order valence-electron chi connectivity index (χ1n) is 4.76. The van der Waals surface area contributed by atoms with Gasteiger partial charge in [0.05, 0.1) is 11.8 Å². The summed E-state index contributed by atoms with van der Waals surface area (Å²) in [4.78, 5) is 4.25. The SMILES string of the molecule is CCC[C@@H](O)c1ncc(C)cc1C. The molecular formula is C11H17NO. The summed E-state index contributed by atoms with van der Waals surface area (Å²) < 4.78 is 0. The Kier molecular flexibility index (Phi) is 3.43. The van der Waals surface area contributed by atoms with E-state index in [-0.39, 0.29) is 0 Å². The summed E-state index contributed by atoms with van der Waals surface area (Å²) in [6.45, 7) is 6.07. The number of nitrogens with zero attached hydrogens (tertiary/aromatic N) is 1. The van der Waals surface area contributed by atoms with Crippen LogP contribution in [0.4, 0.5) is 0 Å². The van der Waals surface area contributed by atoms with E-state index in [0.29, 0.717) is 0 Å². The van der Waals surface area contributed by atoms with E-state index < -0.39 is 6.10 Å². The van der Waals surface area contributed by atoms with Gasteiger partial charge in [0.1, 0.15) is 0 Å². The minimum Gasteiger partial charge on any atom is -0.387 e. The number of rotatable bonds is 3. The summed E-state index contributed by atoms with van der Waals surface area (Å²) in [5, 5.41) is 9.73. The van der Waals surface area contributed by atoms with Crippen molar-refractivity contribution in [2.45, 2.75) is 39.7 Å². The molecule has 0 spiro atoms. The van der Waals surface area contributed by atoms with Crippen LogP contribution in [0.15, 0.2) is 12.3 Å². The summed E-state index contributed by atoms with van der Waals surface area (Å²) >= 11 is 0. The third-order valence-corrected chi connectivity index (χ3v) is 2.13. The number of hydrogen-bond donors (Lipinski definition) is 1. The van der Waals surface area contributed by atoms with Crippen molar-refractivity contribution < 1.29 is 5.11 Å². The molecule has 0 aliphatic rings. The summed E-state index contributed by atoms with van der Waals surface area (Å²) in [5.74, 6) is 0. The van der Waals surface area contributed by atoms with Crippen LogP contribution < -0.4 is 0 Å². The van der Waals surface area contributed by atoms with Gasteiger partial charge < -0.3 is 5.11 Å². The van der Waals surface area contributed by atoms with Gasteiger partial charge in [-0.25, -0.2) is 0 Å². The molecular weight excluding hydrogens is 162 g/mol. The molecule has 0 saturated heterocycles. The molecule has 0 aliphatic heterocycles. The average Bonchev–Trinajstić information content (AvgIpc) is 2.04. The van der Waals surface area contributed by atoms with Crippen LogP contribution >= 0.6 is 0 Å². The zero-order valence-electron chi connectivity index (χ0n) is 8.54. The number of pyridine rings is 1. The molecule has 0 amide bonds. The van der Waals surface area contributed by atoms with Crippen molar-refractivity contribution in [1.29, 1.82) is 0 Å². The van der Waals surface area contributed by atoms with Gasteiger partial charge in [-0.1, -0.05) is 19.4 Å². The number of aromatic nitrogens is 1. The Bertz CT molecular complexity index is 283. The Hall–Kier alpha value is -0.890. The van der Waals surface area contributed by atoms with Gasteiger partial charge in [0.15, 0.2) is 0 Å². The zero-order chi connectivity index (χ0) is 9.84. The molecule has 13 heavy (non-hydrogen) atoms. The van der Waals surface area contributed by atoms with E-state index in [0.717, 1.165) is 29.7 Å². The molecule has 1 aromatic heterocycles. The van der Waals surface area contributed by atoms with E-state index in [4.69, 9.17) is 0 Å². The lowest BCUT2D eigenvalue weighted by atomic mass is 10.1. The van der Waals surface area contributed by atoms with Crippen LogP contribution in [0.2, 0.25) is 0 Å². The highest BCUT2D eigenvalue weighted by molar-refractivity contribution is 5.24. The second-order valence-corrected chi connectivity index (χ2v) is 3.52. The van der Waals surface area contributed by atoms with Crippen molar-refractivity contribution in [3.63, 3.8) is 0 Å². The predicted molar refractivity (Wildman–Crippen MR) is 53.6 cm³/mol. The standard InChI is InChI=1S/C11H17NO/c1-4-5-10(13)11-9(3)6-8(2)7-12-11/h6-7,10,13H,4-5H2,1-3H3/t10-/m1/s1. The normalized spacial score (nSPS) is 12.9. The third kappa shape index (κ3) is 2.52. The lowest BCUT2D eigenvalue weighted by molar-refractivity contribution is 0.161. The van der Waals surface area contributed by atoms with Gasteiger partial charge in [-0.2, -0.15) is 0 Å². The Labute approximate surface area is 79.6 Å². The predicted octanol–water partition coefficient (Wildman–Crippen LogP) is 2.53. The molecule has 2 nitrogen and oxygen atoms in total. The number of aliphatic hydroxyl groups is 1. The average molecular weight is 179 g/mol. The van der Waals surface area contributed by atoms with Gasteiger partial charge in [-0.15, -0.1) is 0 Å². The van der Waals surface area contributed by atoms with Gasteiger partial charge in [-0.3, -0.25) is 4.98 Å². The minimum atomic E-state index is -0.398. The first-order valence-corrected chi connectivity index (χ1v) is 4.76. The molecule has 1 atom stereocenters. The molecule has 0 aliphatic carbocycles. The van der Waals surface area contributed by atoms with Gasteiger partial charge in [-0.05, 0) is 31.4 Å². The van der Waals surface area contributed by atoms with Crippen molar-refractivity contribution in [2.75, 3.05) is 0 Å². The maximum Gasteiger partial charge on any atom is 0.0962 e. The molecule has 0 fully saturated rings. The van der Waals surface area contributed by atoms with Crippen LogP contribution in [-0.4, -0.2) is 10.1 Å². The monoisotopic (exact) mass is 179 g/mol. The van der Waals surface area contributed by atoms with E-state index in [1.54, 1.807) is 6.20 Å². The Morgan fingerprint density at radius 1 is 1.46 bits per heavy atom. The molecule has 1 rings (SSSR count). The molecule has 0 radical (unpaired) electrons. The highest BCUT2D eigenvalue weighted by atomic mass is 16.3. The fourth-order valence-electron chi connectivity index (χ4n) is 1.48. The first-order chi connectivity index (χ1) is 6.15. The fraction of sp³-hybridized carbons (Fsp3) is 0.545. The molecule has 0 bridgehead atoms. The number of aliphatic hydroxyl groups excluding tert-OH is 1. The molecule has 0 aromatic carbocycles. The molecule has 0 saturated carbocycles. The number of hydrogen-bond acceptors (Lipinski definition) is 2. The van der Waals surface area contributed by atoms with Gasteiger partial charge in [0.2, 0.25) is 0 Å². The lowest BCUT2D eigenvalue weighted by Gasteiger charge is -2.11. The second kappa shape index (κ2) is 4.38. The van der Waals surface area contributed by atoms with Crippen LogP contribution in [0.1, 0.15) is 42.7 Å². The van der Waals surface area contributed by atoms with Gasteiger partial charge in [0.25, 0.3) is 0 Å². The second-order valence-electron chi connectivity index (χ2n) is 3.52. The van der Waals surface area contributed by atoms with E-state index in [9.17, 15) is 5.11 Å². The summed E-state index contributed by atoms with van der Waals surface area (Å²) in [6, 6.07) is 2.06. The van der Waals surface area contributed by atoms with Crippen molar-refractivity contribution in [3.8, 4) is 0 Å². The van der Waals surface area contributed by atoms with Gasteiger partial charge in [0, 0.05) is 6.20 Å². The van der Waals surface area contributed by atoms with Crippen molar-refractivity contribution in [3.05, 3.63) is 29.1 Å². The summed E-state index contributed by atoms with van der Waals surface area (Å²) in [7, 11) is 0. The van der Waals surface area contributed by atoms with Crippen molar-refractivity contribution in [2.24, 2.45) is 0 Å². The minimum absolute atomic E-state index is 0.398. The Morgan fingerprint density at radius 3 is 2.69 bits per heavy atom. The largest absolute Gasteiger partial charge is 0.387 e. The maximum atomic E-state index is 9.73.